The van der Waals surface area contributed by atoms with Gasteiger partial charge in [0.25, 0.3) is 0 Å². The fourth-order valence-corrected chi connectivity index (χ4v) is 1.13. The summed E-state index contributed by atoms with van der Waals surface area (Å²) in [6.07, 6.45) is -0.636. The van der Waals surface area contributed by atoms with Crippen LogP contribution in [0.15, 0.2) is 0 Å². The SMILES string of the molecule is CC(C)c1nc(C(C)C)nc(C(C)O)n1. The van der Waals surface area contributed by atoms with E-state index in [9.17, 15) is 5.11 Å². The minimum atomic E-state index is -0.636. The Morgan fingerprint density at radius 2 is 1.07 bits per heavy atom. The number of hydrogen-bond acceptors (Lipinski definition) is 4. The fraction of sp³-hybridized carbons (Fsp3) is 0.727. The summed E-state index contributed by atoms with van der Waals surface area (Å²) in [4.78, 5) is 12.9. The molecule has 0 aliphatic rings. The largest absolute Gasteiger partial charge is 0.385 e. The van der Waals surface area contributed by atoms with Gasteiger partial charge >= 0.3 is 0 Å². The summed E-state index contributed by atoms with van der Waals surface area (Å²) < 4.78 is 0. The molecule has 4 heteroatoms. The molecule has 0 radical (unpaired) electrons. The Bertz CT molecular complexity index is 270. The summed E-state index contributed by atoms with van der Waals surface area (Å²) in [5.74, 6) is 2.48. The van der Waals surface area contributed by atoms with Crippen molar-refractivity contribution in [3.05, 3.63) is 17.5 Å². The number of rotatable bonds is 3. The van der Waals surface area contributed by atoms with Gasteiger partial charge in [-0.25, -0.2) is 15.0 Å². The van der Waals surface area contributed by atoms with E-state index >= 15 is 0 Å². The minimum Gasteiger partial charge on any atom is -0.385 e. The third kappa shape index (κ3) is 2.96. The van der Waals surface area contributed by atoms with Gasteiger partial charge < -0.3 is 5.11 Å². The summed E-state index contributed by atoms with van der Waals surface area (Å²) in [5, 5.41) is 9.48. The van der Waals surface area contributed by atoms with Gasteiger partial charge in [0.2, 0.25) is 0 Å². The molecule has 0 fully saturated rings. The molecular weight excluding hydrogens is 190 g/mol. The molecule has 1 rings (SSSR count). The zero-order valence-electron chi connectivity index (χ0n) is 10.0. The maximum absolute atomic E-state index is 9.48. The summed E-state index contributed by atoms with van der Waals surface area (Å²) >= 11 is 0. The van der Waals surface area contributed by atoms with Crippen molar-refractivity contribution in [1.29, 1.82) is 0 Å². The van der Waals surface area contributed by atoms with Crippen molar-refractivity contribution >= 4 is 0 Å². The van der Waals surface area contributed by atoms with Gasteiger partial charge in [0.15, 0.2) is 5.82 Å². The van der Waals surface area contributed by atoms with E-state index in [2.05, 4.69) is 15.0 Å². The highest BCUT2D eigenvalue weighted by atomic mass is 16.3. The van der Waals surface area contributed by atoms with Crippen LogP contribution in [0.5, 0.6) is 0 Å². The number of nitrogens with zero attached hydrogens (tertiary/aromatic N) is 3. The van der Waals surface area contributed by atoms with Gasteiger partial charge in [-0.1, -0.05) is 27.7 Å². The normalized spacial score (nSPS) is 13.6. The van der Waals surface area contributed by atoms with Gasteiger partial charge in [0, 0.05) is 11.8 Å². The lowest BCUT2D eigenvalue weighted by Crippen LogP contribution is -2.11. The molecule has 0 spiro atoms. The van der Waals surface area contributed by atoms with Gasteiger partial charge in [-0.2, -0.15) is 0 Å². The Labute approximate surface area is 90.8 Å². The Balaban J connectivity index is 3.20. The topological polar surface area (TPSA) is 58.9 Å². The van der Waals surface area contributed by atoms with Crippen molar-refractivity contribution in [2.75, 3.05) is 0 Å². The van der Waals surface area contributed by atoms with Gasteiger partial charge in [0.05, 0.1) is 0 Å². The smallest absolute Gasteiger partial charge is 0.160 e. The maximum Gasteiger partial charge on any atom is 0.160 e. The van der Waals surface area contributed by atoms with E-state index in [0.29, 0.717) is 5.82 Å². The molecule has 0 bridgehead atoms. The lowest BCUT2D eigenvalue weighted by atomic mass is 10.1. The second-order valence-corrected chi connectivity index (χ2v) is 4.40. The minimum absolute atomic E-state index is 0.253. The van der Waals surface area contributed by atoms with E-state index in [1.54, 1.807) is 6.92 Å². The highest BCUT2D eigenvalue weighted by Crippen LogP contribution is 2.16. The van der Waals surface area contributed by atoms with Crippen LogP contribution in [-0.4, -0.2) is 20.1 Å². The molecule has 0 aromatic carbocycles. The van der Waals surface area contributed by atoms with Crippen LogP contribution < -0.4 is 0 Å². The second-order valence-electron chi connectivity index (χ2n) is 4.40. The van der Waals surface area contributed by atoms with E-state index < -0.39 is 6.10 Å². The number of aliphatic hydroxyl groups excluding tert-OH is 1. The van der Waals surface area contributed by atoms with Crippen molar-refractivity contribution in [2.45, 2.75) is 52.6 Å². The maximum atomic E-state index is 9.48. The lowest BCUT2D eigenvalue weighted by Gasteiger charge is -2.12. The van der Waals surface area contributed by atoms with Crippen LogP contribution in [0, 0.1) is 0 Å². The van der Waals surface area contributed by atoms with Crippen molar-refractivity contribution < 1.29 is 5.11 Å². The third-order valence-corrected chi connectivity index (χ3v) is 2.09. The van der Waals surface area contributed by atoms with Gasteiger partial charge in [-0.15, -0.1) is 0 Å². The average Bonchev–Trinajstić information content (AvgIpc) is 2.16. The standard InChI is InChI=1S/C11H19N3O/c1-6(2)9-12-10(7(3)4)14-11(13-9)8(5)15/h6-8,15H,1-5H3. The molecule has 84 valence electrons. The van der Waals surface area contributed by atoms with Crippen LogP contribution in [0.25, 0.3) is 0 Å². The lowest BCUT2D eigenvalue weighted by molar-refractivity contribution is 0.187. The Hall–Kier alpha value is -1.03. The monoisotopic (exact) mass is 209 g/mol. The third-order valence-electron chi connectivity index (χ3n) is 2.09. The first kappa shape index (κ1) is 12.0. The first-order valence-electron chi connectivity index (χ1n) is 5.35. The quantitative estimate of drug-likeness (QED) is 0.828. The summed E-state index contributed by atoms with van der Waals surface area (Å²) in [6, 6.07) is 0. The van der Waals surface area contributed by atoms with E-state index in [0.717, 1.165) is 11.6 Å². The molecule has 1 atom stereocenters. The van der Waals surface area contributed by atoms with Crippen molar-refractivity contribution in [1.82, 2.24) is 15.0 Å². The molecular formula is C11H19N3O. The number of hydrogen-bond donors (Lipinski definition) is 1. The van der Waals surface area contributed by atoms with E-state index in [-0.39, 0.29) is 11.8 Å². The molecule has 0 saturated heterocycles. The molecule has 4 nitrogen and oxygen atoms in total. The van der Waals surface area contributed by atoms with Gasteiger partial charge in [-0.05, 0) is 6.92 Å². The molecule has 15 heavy (non-hydrogen) atoms. The van der Waals surface area contributed by atoms with Crippen LogP contribution in [0.3, 0.4) is 0 Å². The molecule has 0 saturated carbocycles. The first-order valence-corrected chi connectivity index (χ1v) is 5.35. The Morgan fingerprint density at radius 3 is 1.33 bits per heavy atom. The predicted molar refractivity (Wildman–Crippen MR) is 58.6 cm³/mol. The van der Waals surface area contributed by atoms with E-state index in [1.165, 1.54) is 0 Å². The van der Waals surface area contributed by atoms with Crippen molar-refractivity contribution in [3.8, 4) is 0 Å². The fourth-order valence-electron chi connectivity index (χ4n) is 1.13. The number of aromatic nitrogens is 3. The zero-order valence-corrected chi connectivity index (χ0v) is 10.0. The Morgan fingerprint density at radius 1 is 0.733 bits per heavy atom. The Kier molecular flexibility index (Phi) is 3.74. The first-order chi connectivity index (χ1) is 6.91. The molecule has 1 heterocycles. The predicted octanol–water partition coefficient (Wildman–Crippen LogP) is 2.17. The average molecular weight is 209 g/mol. The van der Waals surface area contributed by atoms with Gasteiger partial charge in [0.1, 0.15) is 17.8 Å². The molecule has 0 aliphatic carbocycles. The molecule has 1 aromatic rings. The van der Waals surface area contributed by atoms with Crippen LogP contribution in [0.1, 0.15) is 70.0 Å². The van der Waals surface area contributed by atoms with Crippen LogP contribution in [0.4, 0.5) is 0 Å². The molecule has 0 amide bonds. The van der Waals surface area contributed by atoms with Crippen molar-refractivity contribution in [2.24, 2.45) is 0 Å². The summed E-state index contributed by atoms with van der Waals surface area (Å²) in [7, 11) is 0. The second kappa shape index (κ2) is 4.66. The highest BCUT2D eigenvalue weighted by Gasteiger charge is 2.14. The van der Waals surface area contributed by atoms with Gasteiger partial charge in [-0.3, -0.25) is 0 Å². The van der Waals surface area contributed by atoms with E-state index in [4.69, 9.17) is 0 Å². The summed E-state index contributed by atoms with van der Waals surface area (Å²) in [5.41, 5.74) is 0. The zero-order chi connectivity index (χ0) is 11.6. The van der Waals surface area contributed by atoms with Crippen LogP contribution in [-0.2, 0) is 0 Å². The molecule has 0 aliphatic heterocycles. The molecule has 1 unspecified atom stereocenters. The van der Waals surface area contributed by atoms with Crippen LogP contribution >= 0.6 is 0 Å². The highest BCUT2D eigenvalue weighted by molar-refractivity contribution is 5.04. The molecule has 1 aromatic heterocycles. The number of aliphatic hydroxyl groups is 1. The van der Waals surface area contributed by atoms with Crippen LogP contribution in [0.2, 0.25) is 0 Å². The van der Waals surface area contributed by atoms with Crippen molar-refractivity contribution in [3.63, 3.8) is 0 Å². The molecule has 1 N–H and O–H groups in total. The summed E-state index contributed by atoms with van der Waals surface area (Å²) in [6.45, 7) is 9.80. The van der Waals surface area contributed by atoms with E-state index in [1.807, 2.05) is 27.7 Å².